The summed E-state index contributed by atoms with van der Waals surface area (Å²) in [6, 6.07) is 0.546. The lowest BCUT2D eigenvalue weighted by atomic mass is 10.2. The second-order valence-corrected chi connectivity index (χ2v) is 4.30. The summed E-state index contributed by atoms with van der Waals surface area (Å²) in [4.78, 5) is 4.27. The van der Waals surface area contributed by atoms with Gasteiger partial charge in [0.2, 0.25) is 0 Å². The molecule has 1 atom stereocenters. The normalized spacial score (nSPS) is 22.1. The molecule has 5 heteroatoms. The van der Waals surface area contributed by atoms with Gasteiger partial charge in [-0.25, -0.2) is 0 Å². The number of aromatic nitrogens is 2. The highest BCUT2D eigenvalue weighted by molar-refractivity contribution is 7.99. The van der Waals surface area contributed by atoms with Crippen molar-refractivity contribution in [2.45, 2.75) is 25.0 Å². The van der Waals surface area contributed by atoms with Gasteiger partial charge in [0.15, 0.2) is 5.82 Å². The molecule has 13 heavy (non-hydrogen) atoms. The van der Waals surface area contributed by atoms with Gasteiger partial charge in [-0.2, -0.15) is 16.7 Å². The molecular weight excluding hydrogens is 186 g/mol. The van der Waals surface area contributed by atoms with Crippen molar-refractivity contribution < 1.29 is 4.52 Å². The number of thioether (sulfide) groups is 1. The Bertz CT molecular complexity index is 270. The largest absolute Gasteiger partial charge is 0.338 e. The first-order chi connectivity index (χ1) is 6.40. The molecule has 1 aliphatic heterocycles. The molecule has 0 saturated carbocycles. The third-order valence-electron chi connectivity index (χ3n) is 1.99. The molecule has 0 aromatic carbocycles. The van der Waals surface area contributed by atoms with Crippen LogP contribution < -0.4 is 5.32 Å². The van der Waals surface area contributed by atoms with Gasteiger partial charge in [0, 0.05) is 6.54 Å². The molecule has 1 saturated heterocycles. The molecular formula is C8H13N3OS. The lowest BCUT2D eigenvalue weighted by molar-refractivity contribution is 0.422. The van der Waals surface area contributed by atoms with Crippen molar-refractivity contribution in [2.75, 3.05) is 17.6 Å². The summed E-state index contributed by atoms with van der Waals surface area (Å²) < 4.78 is 5.03. The van der Waals surface area contributed by atoms with E-state index in [-0.39, 0.29) is 0 Å². The van der Waals surface area contributed by atoms with E-state index in [1.54, 1.807) is 0 Å². The van der Waals surface area contributed by atoms with E-state index >= 15 is 0 Å². The van der Waals surface area contributed by atoms with Gasteiger partial charge in [-0.05, 0) is 25.5 Å². The Morgan fingerprint density at radius 3 is 3.31 bits per heavy atom. The van der Waals surface area contributed by atoms with Crippen LogP contribution in [-0.2, 0) is 0 Å². The van der Waals surface area contributed by atoms with Crippen LogP contribution in [-0.4, -0.2) is 22.4 Å². The summed E-state index contributed by atoms with van der Waals surface area (Å²) >= 11 is 1.91. The zero-order valence-corrected chi connectivity index (χ0v) is 8.43. The van der Waals surface area contributed by atoms with Crippen molar-refractivity contribution in [3.05, 3.63) is 5.82 Å². The SMILES string of the molecule is CCNc1nc(C2CCCS2)no1. The average molecular weight is 199 g/mol. The average Bonchev–Trinajstić information content (AvgIpc) is 2.70. The predicted octanol–water partition coefficient (Wildman–Crippen LogP) is 2.07. The fraction of sp³-hybridized carbons (Fsp3) is 0.750. The van der Waals surface area contributed by atoms with E-state index in [9.17, 15) is 0 Å². The van der Waals surface area contributed by atoms with Crippen LogP contribution in [0.25, 0.3) is 0 Å². The van der Waals surface area contributed by atoms with Crippen molar-refractivity contribution in [1.29, 1.82) is 0 Å². The van der Waals surface area contributed by atoms with Gasteiger partial charge in [-0.1, -0.05) is 5.16 Å². The molecule has 1 N–H and O–H groups in total. The molecule has 2 rings (SSSR count). The van der Waals surface area contributed by atoms with Crippen LogP contribution in [0.3, 0.4) is 0 Å². The van der Waals surface area contributed by atoms with E-state index in [4.69, 9.17) is 4.52 Å². The molecule has 0 radical (unpaired) electrons. The minimum atomic E-state index is 0.455. The molecule has 72 valence electrons. The first-order valence-corrected chi connectivity index (χ1v) is 5.64. The zero-order valence-electron chi connectivity index (χ0n) is 7.62. The topological polar surface area (TPSA) is 51.0 Å². The van der Waals surface area contributed by atoms with Crippen LogP contribution in [0, 0.1) is 0 Å². The van der Waals surface area contributed by atoms with Crippen LogP contribution in [0.1, 0.15) is 30.8 Å². The number of nitrogens with one attached hydrogen (secondary N) is 1. The fourth-order valence-corrected chi connectivity index (χ4v) is 2.57. The molecule has 1 aromatic heterocycles. The molecule has 0 aliphatic carbocycles. The van der Waals surface area contributed by atoms with Crippen LogP contribution in [0.15, 0.2) is 4.52 Å². The third-order valence-corrected chi connectivity index (χ3v) is 3.36. The Morgan fingerprint density at radius 1 is 1.69 bits per heavy atom. The molecule has 0 amide bonds. The number of nitrogens with zero attached hydrogens (tertiary/aromatic N) is 2. The minimum absolute atomic E-state index is 0.455. The Morgan fingerprint density at radius 2 is 2.62 bits per heavy atom. The van der Waals surface area contributed by atoms with Gasteiger partial charge in [0.1, 0.15) is 0 Å². The van der Waals surface area contributed by atoms with Gasteiger partial charge in [-0.3, -0.25) is 0 Å². The van der Waals surface area contributed by atoms with Gasteiger partial charge >= 0.3 is 6.01 Å². The minimum Gasteiger partial charge on any atom is -0.338 e. The second-order valence-electron chi connectivity index (χ2n) is 2.99. The lowest BCUT2D eigenvalue weighted by Crippen LogP contribution is -1.97. The third kappa shape index (κ3) is 1.96. The van der Waals surface area contributed by atoms with E-state index in [0.717, 1.165) is 12.4 Å². The second kappa shape index (κ2) is 4.00. The van der Waals surface area contributed by atoms with Crippen LogP contribution in [0.5, 0.6) is 0 Å². The smallest absolute Gasteiger partial charge is 0.321 e. The Hall–Kier alpha value is -0.710. The van der Waals surface area contributed by atoms with Gasteiger partial charge in [-0.15, -0.1) is 0 Å². The number of hydrogen-bond donors (Lipinski definition) is 1. The molecule has 4 nitrogen and oxygen atoms in total. The Kier molecular flexibility index (Phi) is 2.73. The molecule has 1 aromatic rings. The van der Waals surface area contributed by atoms with E-state index in [1.807, 2.05) is 18.7 Å². The predicted molar refractivity (Wildman–Crippen MR) is 52.9 cm³/mol. The van der Waals surface area contributed by atoms with Crippen LogP contribution >= 0.6 is 11.8 Å². The van der Waals surface area contributed by atoms with Crippen molar-refractivity contribution in [1.82, 2.24) is 10.1 Å². The highest BCUT2D eigenvalue weighted by atomic mass is 32.2. The van der Waals surface area contributed by atoms with Gasteiger partial charge in [0.25, 0.3) is 0 Å². The monoisotopic (exact) mass is 199 g/mol. The molecule has 2 heterocycles. The zero-order chi connectivity index (χ0) is 9.10. The molecule has 1 aliphatic rings. The first kappa shape index (κ1) is 8.87. The van der Waals surface area contributed by atoms with Gasteiger partial charge < -0.3 is 9.84 Å². The fourth-order valence-electron chi connectivity index (χ4n) is 1.37. The maximum absolute atomic E-state index is 5.03. The number of hydrogen-bond acceptors (Lipinski definition) is 5. The van der Waals surface area contributed by atoms with E-state index in [2.05, 4.69) is 15.5 Å². The summed E-state index contributed by atoms with van der Waals surface area (Å²) in [7, 11) is 0. The van der Waals surface area contributed by atoms with Crippen LogP contribution in [0.4, 0.5) is 6.01 Å². The Balaban J connectivity index is 2.03. The maximum atomic E-state index is 5.03. The summed E-state index contributed by atoms with van der Waals surface area (Å²) in [6.07, 6.45) is 2.44. The summed E-state index contributed by atoms with van der Waals surface area (Å²) in [5, 5.41) is 7.40. The lowest BCUT2D eigenvalue weighted by Gasteiger charge is -1.98. The maximum Gasteiger partial charge on any atom is 0.321 e. The standard InChI is InChI=1S/C8H13N3OS/c1-2-9-8-10-7(11-12-8)6-4-3-5-13-6/h6H,2-5H2,1H3,(H,9,10,11). The number of rotatable bonds is 3. The van der Waals surface area contributed by atoms with Crippen molar-refractivity contribution >= 4 is 17.8 Å². The van der Waals surface area contributed by atoms with E-state index in [1.165, 1.54) is 18.6 Å². The van der Waals surface area contributed by atoms with E-state index in [0.29, 0.717) is 11.3 Å². The number of anilines is 1. The summed E-state index contributed by atoms with van der Waals surface area (Å²) in [5.41, 5.74) is 0. The highest BCUT2D eigenvalue weighted by Gasteiger charge is 2.22. The van der Waals surface area contributed by atoms with Crippen molar-refractivity contribution in [3.8, 4) is 0 Å². The van der Waals surface area contributed by atoms with E-state index < -0.39 is 0 Å². The van der Waals surface area contributed by atoms with Crippen LogP contribution in [0.2, 0.25) is 0 Å². The Labute approximate surface area is 81.5 Å². The summed E-state index contributed by atoms with van der Waals surface area (Å²) in [6.45, 7) is 2.83. The van der Waals surface area contributed by atoms with Gasteiger partial charge in [0.05, 0.1) is 5.25 Å². The summed E-state index contributed by atoms with van der Waals surface area (Å²) in [5.74, 6) is 2.06. The highest BCUT2D eigenvalue weighted by Crippen LogP contribution is 2.38. The molecule has 1 fully saturated rings. The molecule has 0 spiro atoms. The molecule has 1 unspecified atom stereocenters. The quantitative estimate of drug-likeness (QED) is 0.807. The van der Waals surface area contributed by atoms with Crippen molar-refractivity contribution in [3.63, 3.8) is 0 Å². The molecule has 0 bridgehead atoms. The first-order valence-electron chi connectivity index (χ1n) is 4.59. The van der Waals surface area contributed by atoms with Crippen molar-refractivity contribution in [2.24, 2.45) is 0 Å².